The molecule has 0 unspecified atom stereocenters. The maximum Gasteiger partial charge on any atom is 0.258 e. The molecule has 0 saturated heterocycles. The van der Waals surface area contributed by atoms with Crippen molar-refractivity contribution in [1.82, 2.24) is 10.3 Å². The van der Waals surface area contributed by atoms with E-state index in [-0.39, 0.29) is 18.6 Å². The maximum atomic E-state index is 11.3. The first-order valence-electron chi connectivity index (χ1n) is 5.14. The number of carbonyl (C=O) groups excluding carboxylic acids is 1. The normalized spacial score (nSPS) is 10.2. The van der Waals surface area contributed by atoms with Crippen molar-refractivity contribution in [2.75, 3.05) is 12.3 Å². The number of nitrogens with zero attached hydrogens (tertiary/aromatic N) is 1. The van der Waals surface area contributed by atoms with Crippen LogP contribution >= 0.6 is 0 Å². The van der Waals surface area contributed by atoms with Crippen LogP contribution in [0.25, 0.3) is 0 Å². The third-order valence-electron chi connectivity index (χ3n) is 1.83. The van der Waals surface area contributed by atoms with E-state index in [4.69, 9.17) is 10.5 Å². The molecule has 0 aliphatic rings. The minimum Gasteiger partial charge on any atom is -0.480 e. The predicted molar refractivity (Wildman–Crippen MR) is 62.2 cm³/mol. The van der Waals surface area contributed by atoms with Gasteiger partial charge in [0.2, 0.25) is 0 Å². The van der Waals surface area contributed by atoms with Gasteiger partial charge in [0.15, 0.2) is 18.2 Å². The van der Waals surface area contributed by atoms with Crippen LogP contribution in [0.5, 0.6) is 5.75 Å². The topological polar surface area (TPSA) is 77.2 Å². The van der Waals surface area contributed by atoms with E-state index in [9.17, 15) is 4.79 Å². The lowest BCUT2D eigenvalue weighted by atomic mass is 10.3. The van der Waals surface area contributed by atoms with Crippen molar-refractivity contribution in [3.63, 3.8) is 0 Å². The molecule has 1 rings (SSSR count). The number of nitrogen functional groups attached to an aromatic ring is 1. The first-order chi connectivity index (χ1) is 7.49. The van der Waals surface area contributed by atoms with Crippen molar-refractivity contribution in [3.05, 3.63) is 17.8 Å². The summed E-state index contributed by atoms with van der Waals surface area (Å²) in [6, 6.07) is 3.59. The van der Waals surface area contributed by atoms with E-state index in [1.807, 2.05) is 20.8 Å². The van der Waals surface area contributed by atoms with Crippen LogP contribution in [0.4, 0.5) is 5.82 Å². The minimum atomic E-state index is -0.171. The van der Waals surface area contributed by atoms with Crippen LogP contribution < -0.4 is 15.8 Å². The molecule has 0 radical (unpaired) electrons. The Morgan fingerprint density at radius 3 is 2.81 bits per heavy atom. The molecule has 1 aromatic heterocycles. The van der Waals surface area contributed by atoms with Gasteiger partial charge in [0.25, 0.3) is 5.91 Å². The zero-order valence-corrected chi connectivity index (χ0v) is 9.78. The van der Waals surface area contributed by atoms with Gasteiger partial charge in [0.1, 0.15) is 0 Å². The molecule has 0 aromatic carbocycles. The molecule has 1 heterocycles. The van der Waals surface area contributed by atoms with Crippen molar-refractivity contribution in [3.8, 4) is 5.75 Å². The lowest BCUT2D eigenvalue weighted by Crippen LogP contribution is -2.34. The number of hydrogen-bond acceptors (Lipinski definition) is 4. The van der Waals surface area contributed by atoms with Gasteiger partial charge >= 0.3 is 0 Å². The Kier molecular flexibility index (Phi) is 4.10. The number of anilines is 1. The first-order valence-corrected chi connectivity index (χ1v) is 5.14. The quantitative estimate of drug-likeness (QED) is 0.794. The average molecular weight is 223 g/mol. The van der Waals surface area contributed by atoms with Crippen molar-refractivity contribution in [2.24, 2.45) is 0 Å². The molecule has 0 atom stereocenters. The van der Waals surface area contributed by atoms with E-state index in [2.05, 4.69) is 10.3 Å². The molecule has 0 aliphatic heterocycles. The Hall–Kier alpha value is -1.78. The van der Waals surface area contributed by atoms with Gasteiger partial charge in [-0.25, -0.2) is 4.98 Å². The summed E-state index contributed by atoms with van der Waals surface area (Å²) in [5.41, 5.74) is 6.46. The Bertz CT molecular complexity index is 377. The van der Waals surface area contributed by atoms with Crippen LogP contribution in [0.2, 0.25) is 0 Å². The molecule has 5 nitrogen and oxygen atoms in total. The molecule has 1 amide bonds. The molecular weight excluding hydrogens is 206 g/mol. The summed E-state index contributed by atoms with van der Waals surface area (Å²) < 4.78 is 5.25. The Morgan fingerprint density at radius 1 is 1.56 bits per heavy atom. The summed E-state index contributed by atoms with van der Waals surface area (Å²) in [4.78, 5) is 15.3. The second-order valence-corrected chi connectivity index (χ2v) is 3.85. The molecule has 0 bridgehead atoms. The number of pyridine rings is 1. The van der Waals surface area contributed by atoms with E-state index in [0.717, 1.165) is 5.69 Å². The third-order valence-corrected chi connectivity index (χ3v) is 1.83. The zero-order chi connectivity index (χ0) is 12.1. The lowest BCUT2D eigenvalue weighted by molar-refractivity contribution is -0.123. The highest BCUT2D eigenvalue weighted by Gasteiger charge is 2.06. The number of aryl methyl sites for hydroxylation is 1. The van der Waals surface area contributed by atoms with Crippen LogP contribution in [-0.2, 0) is 4.79 Å². The Morgan fingerprint density at radius 2 is 2.25 bits per heavy atom. The van der Waals surface area contributed by atoms with Crippen LogP contribution in [-0.4, -0.2) is 23.5 Å². The van der Waals surface area contributed by atoms with Gasteiger partial charge in [-0.3, -0.25) is 4.79 Å². The summed E-state index contributed by atoms with van der Waals surface area (Å²) in [7, 11) is 0. The van der Waals surface area contributed by atoms with Crippen LogP contribution in [0, 0.1) is 6.92 Å². The summed E-state index contributed by atoms with van der Waals surface area (Å²) in [6.07, 6.45) is 0. The number of amides is 1. The Labute approximate surface area is 95.0 Å². The van der Waals surface area contributed by atoms with Gasteiger partial charge in [0, 0.05) is 11.7 Å². The maximum absolute atomic E-state index is 11.3. The molecule has 1 aromatic rings. The fourth-order valence-electron chi connectivity index (χ4n) is 1.19. The van der Waals surface area contributed by atoms with Crippen molar-refractivity contribution < 1.29 is 9.53 Å². The fourth-order valence-corrected chi connectivity index (χ4v) is 1.19. The van der Waals surface area contributed by atoms with E-state index >= 15 is 0 Å². The molecular formula is C11H17N3O2. The van der Waals surface area contributed by atoms with Crippen molar-refractivity contribution in [2.45, 2.75) is 26.8 Å². The number of hydrogen-bond donors (Lipinski definition) is 2. The monoisotopic (exact) mass is 223 g/mol. The average Bonchev–Trinajstić information content (AvgIpc) is 2.15. The molecule has 0 aliphatic carbocycles. The first kappa shape index (κ1) is 12.3. The molecule has 0 spiro atoms. The summed E-state index contributed by atoms with van der Waals surface area (Å²) >= 11 is 0. The standard InChI is InChI=1S/C11H17N3O2/c1-7(2)13-10(15)6-16-9-5-4-8(3)14-11(9)12/h4-5,7H,6H2,1-3H3,(H2,12,14)(H,13,15). The molecule has 3 N–H and O–H groups in total. The molecule has 5 heteroatoms. The largest absolute Gasteiger partial charge is 0.480 e. The molecule has 88 valence electrons. The van der Waals surface area contributed by atoms with Crippen LogP contribution in [0.3, 0.4) is 0 Å². The highest BCUT2D eigenvalue weighted by molar-refractivity contribution is 5.77. The lowest BCUT2D eigenvalue weighted by Gasteiger charge is -2.10. The molecule has 16 heavy (non-hydrogen) atoms. The van der Waals surface area contributed by atoms with E-state index in [1.54, 1.807) is 12.1 Å². The number of ether oxygens (including phenoxy) is 1. The van der Waals surface area contributed by atoms with Gasteiger partial charge in [-0.1, -0.05) is 0 Å². The summed E-state index contributed by atoms with van der Waals surface area (Å²) in [6.45, 7) is 5.57. The third kappa shape index (κ3) is 3.76. The summed E-state index contributed by atoms with van der Waals surface area (Å²) in [5.74, 6) is 0.567. The predicted octanol–water partition coefficient (Wildman–Crippen LogP) is 0.876. The van der Waals surface area contributed by atoms with E-state index in [1.165, 1.54) is 0 Å². The summed E-state index contributed by atoms with van der Waals surface area (Å²) in [5, 5.41) is 2.72. The zero-order valence-electron chi connectivity index (χ0n) is 9.78. The van der Waals surface area contributed by atoms with Crippen molar-refractivity contribution >= 4 is 11.7 Å². The SMILES string of the molecule is Cc1ccc(OCC(=O)NC(C)C)c(N)n1. The fraction of sp³-hybridized carbons (Fsp3) is 0.455. The smallest absolute Gasteiger partial charge is 0.258 e. The number of carbonyl (C=O) groups is 1. The van der Waals surface area contributed by atoms with Gasteiger partial charge in [-0.2, -0.15) is 0 Å². The van der Waals surface area contributed by atoms with Crippen LogP contribution in [0.1, 0.15) is 19.5 Å². The second-order valence-electron chi connectivity index (χ2n) is 3.85. The highest BCUT2D eigenvalue weighted by Crippen LogP contribution is 2.18. The Balaban J connectivity index is 2.51. The number of nitrogens with two attached hydrogens (primary N) is 1. The molecule has 0 fully saturated rings. The van der Waals surface area contributed by atoms with Crippen molar-refractivity contribution in [1.29, 1.82) is 0 Å². The highest BCUT2D eigenvalue weighted by atomic mass is 16.5. The van der Waals surface area contributed by atoms with Gasteiger partial charge in [-0.15, -0.1) is 0 Å². The number of aromatic nitrogens is 1. The number of nitrogens with one attached hydrogen (secondary N) is 1. The molecule has 0 saturated carbocycles. The second kappa shape index (κ2) is 5.34. The van der Waals surface area contributed by atoms with Gasteiger partial charge in [-0.05, 0) is 32.9 Å². The van der Waals surface area contributed by atoms with E-state index < -0.39 is 0 Å². The van der Waals surface area contributed by atoms with E-state index in [0.29, 0.717) is 11.6 Å². The minimum absolute atomic E-state index is 0.0485. The number of rotatable bonds is 4. The van der Waals surface area contributed by atoms with Gasteiger partial charge in [0.05, 0.1) is 0 Å². The van der Waals surface area contributed by atoms with Crippen LogP contribution in [0.15, 0.2) is 12.1 Å². The van der Waals surface area contributed by atoms with Gasteiger partial charge < -0.3 is 15.8 Å².